The highest BCUT2D eigenvalue weighted by Gasteiger charge is 2.34. The van der Waals surface area contributed by atoms with Crippen molar-refractivity contribution >= 4 is 5.97 Å². The van der Waals surface area contributed by atoms with Crippen molar-refractivity contribution in [2.75, 3.05) is 6.54 Å². The van der Waals surface area contributed by atoms with Crippen LogP contribution in [0.1, 0.15) is 51.9 Å². The third-order valence-corrected chi connectivity index (χ3v) is 3.69. The highest BCUT2D eigenvalue weighted by Crippen LogP contribution is 2.23. The van der Waals surface area contributed by atoms with Crippen LogP contribution in [0.4, 0.5) is 0 Å². The molecule has 1 aromatic rings. The summed E-state index contributed by atoms with van der Waals surface area (Å²) in [5.41, 5.74) is 1.78. The van der Waals surface area contributed by atoms with E-state index in [1.807, 2.05) is 32.4 Å². The minimum atomic E-state index is -0.423. The molecule has 1 aliphatic rings. The first kappa shape index (κ1) is 16.0. The van der Waals surface area contributed by atoms with Gasteiger partial charge in [-0.3, -0.25) is 14.4 Å². The Morgan fingerprint density at radius 1 is 1.48 bits per heavy atom. The molecular weight excluding hydrogens is 266 g/mol. The molecule has 1 aliphatic heterocycles. The van der Waals surface area contributed by atoms with E-state index < -0.39 is 5.60 Å². The van der Waals surface area contributed by atoms with Crippen molar-refractivity contribution in [3.8, 4) is 0 Å². The predicted molar refractivity (Wildman–Crippen MR) is 81.9 cm³/mol. The van der Waals surface area contributed by atoms with Crippen molar-refractivity contribution < 1.29 is 9.53 Å². The first-order chi connectivity index (χ1) is 9.80. The van der Waals surface area contributed by atoms with E-state index in [0.717, 1.165) is 38.2 Å². The monoisotopic (exact) mass is 293 g/mol. The van der Waals surface area contributed by atoms with Crippen LogP contribution in [-0.2, 0) is 22.6 Å². The molecule has 5 heteroatoms. The highest BCUT2D eigenvalue weighted by molar-refractivity contribution is 5.76. The van der Waals surface area contributed by atoms with Gasteiger partial charge in [-0.05, 0) is 60.1 Å². The van der Waals surface area contributed by atoms with E-state index in [4.69, 9.17) is 4.74 Å². The van der Waals surface area contributed by atoms with Gasteiger partial charge in [0.25, 0.3) is 0 Å². The van der Waals surface area contributed by atoms with Gasteiger partial charge in [0.05, 0.1) is 11.4 Å². The molecule has 5 nitrogen and oxygen atoms in total. The van der Waals surface area contributed by atoms with Gasteiger partial charge in [0.15, 0.2) is 0 Å². The number of nitrogens with zero attached hydrogens (tertiary/aromatic N) is 3. The molecule has 0 amide bonds. The molecule has 1 atom stereocenters. The summed E-state index contributed by atoms with van der Waals surface area (Å²) < 4.78 is 7.56. The molecule has 0 N–H and O–H groups in total. The molecule has 2 heterocycles. The lowest BCUT2D eigenvalue weighted by Gasteiger charge is -2.27. The van der Waals surface area contributed by atoms with Gasteiger partial charge in [-0.1, -0.05) is 0 Å². The summed E-state index contributed by atoms with van der Waals surface area (Å²) in [7, 11) is 0. The lowest BCUT2D eigenvalue weighted by Crippen LogP contribution is -2.40. The molecule has 0 aromatic carbocycles. The van der Waals surface area contributed by atoms with Gasteiger partial charge in [0.1, 0.15) is 11.6 Å². The Labute approximate surface area is 127 Å². The third kappa shape index (κ3) is 4.06. The number of aromatic nitrogens is 2. The second-order valence-corrected chi connectivity index (χ2v) is 6.75. The number of ether oxygens (including phenoxy) is 1. The molecule has 0 bridgehead atoms. The summed E-state index contributed by atoms with van der Waals surface area (Å²) in [4.78, 5) is 14.6. The average Bonchev–Trinajstić information content (AvgIpc) is 2.94. The Morgan fingerprint density at radius 2 is 2.19 bits per heavy atom. The van der Waals surface area contributed by atoms with Crippen LogP contribution in [0.3, 0.4) is 0 Å². The van der Waals surface area contributed by atoms with Crippen LogP contribution in [0, 0.1) is 6.92 Å². The van der Waals surface area contributed by atoms with Crippen LogP contribution in [-0.4, -0.2) is 38.8 Å². The number of carbonyl (C=O) groups is 1. The van der Waals surface area contributed by atoms with Gasteiger partial charge >= 0.3 is 5.97 Å². The van der Waals surface area contributed by atoms with Crippen LogP contribution in [0.15, 0.2) is 6.07 Å². The molecule has 0 unspecified atom stereocenters. The number of likely N-dealkylation sites (tertiary alicyclic amines) is 1. The normalized spacial score (nSPS) is 20.0. The maximum atomic E-state index is 12.3. The average molecular weight is 293 g/mol. The van der Waals surface area contributed by atoms with Crippen LogP contribution < -0.4 is 0 Å². The maximum Gasteiger partial charge on any atom is 0.323 e. The number of carbonyl (C=O) groups excluding carboxylic acids is 1. The molecule has 1 fully saturated rings. The summed E-state index contributed by atoms with van der Waals surface area (Å²) in [6.45, 7) is 12.4. The Balaban J connectivity index is 2.06. The van der Waals surface area contributed by atoms with Gasteiger partial charge in [-0.2, -0.15) is 5.10 Å². The maximum absolute atomic E-state index is 12.3. The van der Waals surface area contributed by atoms with E-state index in [1.165, 1.54) is 5.69 Å². The summed E-state index contributed by atoms with van der Waals surface area (Å²) in [5.74, 6) is -0.0979. The van der Waals surface area contributed by atoms with Crippen molar-refractivity contribution in [3.05, 3.63) is 17.5 Å². The Hall–Kier alpha value is -1.36. The van der Waals surface area contributed by atoms with E-state index in [9.17, 15) is 4.79 Å². The smallest absolute Gasteiger partial charge is 0.323 e. The zero-order valence-corrected chi connectivity index (χ0v) is 13.8. The van der Waals surface area contributed by atoms with E-state index in [2.05, 4.69) is 23.0 Å². The van der Waals surface area contributed by atoms with Crippen molar-refractivity contribution in [2.45, 2.75) is 72.2 Å². The predicted octanol–water partition coefficient (Wildman–Crippen LogP) is 2.52. The van der Waals surface area contributed by atoms with E-state index in [0.29, 0.717) is 0 Å². The fourth-order valence-corrected chi connectivity index (χ4v) is 2.86. The summed E-state index contributed by atoms with van der Waals surface area (Å²) >= 11 is 0. The van der Waals surface area contributed by atoms with Crippen molar-refractivity contribution in [3.63, 3.8) is 0 Å². The van der Waals surface area contributed by atoms with Gasteiger partial charge < -0.3 is 4.74 Å². The summed E-state index contributed by atoms with van der Waals surface area (Å²) in [5, 5.41) is 4.47. The fraction of sp³-hybridized carbons (Fsp3) is 0.750. The minimum Gasteiger partial charge on any atom is -0.459 e. The molecule has 0 spiro atoms. The molecular formula is C16H27N3O2. The molecule has 2 rings (SSSR count). The van der Waals surface area contributed by atoms with Crippen LogP contribution >= 0.6 is 0 Å². The molecule has 21 heavy (non-hydrogen) atoms. The molecule has 118 valence electrons. The first-order valence-electron chi connectivity index (χ1n) is 7.80. The first-order valence-corrected chi connectivity index (χ1v) is 7.80. The topological polar surface area (TPSA) is 47.4 Å². The van der Waals surface area contributed by atoms with Crippen molar-refractivity contribution in [1.82, 2.24) is 14.7 Å². The lowest BCUT2D eigenvalue weighted by atomic mass is 10.1. The standard InChI is InChI=1S/C16H27N3O2/c1-6-19-13(10-12(2)17-19)11-18-9-7-8-14(18)15(20)21-16(3,4)5/h10,14H,6-9,11H2,1-5H3/t14-/m0/s1. The van der Waals surface area contributed by atoms with Crippen LogP contribution in [0.5, 0.6) is 0 Å². The Bertz CT molecular complexity index is 502. The molecule has 0 saturated carbocycles. The zero-order valence-electron chi connectivity index (χ0n) is 13.8. The zero-order chi connectivity index (χ0) is 15.6. The van der Waals surface area contributed by atoms with E-state index in [-0.39, 0.29) is 12.0 Å². The van der Waals surface area contributed by atoms with Gasteiger partial charge in [-0.15, -0.1) is 0 Å². The number of aryl methyl sites for hydroxylation is 2. The van der Waals surface area contributed by atoms with Crippen LogP contribution in [0.25, 0.3) is 0 Å². The lowest BCUT2D eigenvalue weighted by molar-refractivity contribution is -0.160. The molecule has 1 aromatic heterocycles. The van der Waals surface area contributed by atoms with Crippen LogP contribution in [0.2, 0.25) is 0 Å². The van der Waals surface area contributed by atoms with E-state index in [1.54, 1.807) is 0 Å². The molecule has 0 aliphatic carbocycles. The fourth-order valence-electron chi connectivity index (χ4n) is 2.86. The minimum absolute atomic E-state index is 0.0979. The van der Waals surface area contributed by atoms with E-state index >= 15 is 0 Å². The van der Waals surface area contributed by atoms with Gasteiger partial charge in [0.2, 0.25) is 0 Å². The van der Waals surface area contributed by atoms with Crippen molar-refractivity contribution in [1.29, 1.82) is 0 Å². The molecule has 0 radical (unpaired) electrons. The summed E-state index contributed by atoms with van der Waals surface area (Å²) in [6, 6.07) is 1.98. The largest absolute Gasteiger partial charge is 0.459 e. The van der Waals surface area contributed by atoms with Gasteiger partial charge in [0, 0.05) is 13.1 Å². The highest BCUT2D eigenvalue weighted by atomic mass is 16.6. The quantitative estimate of drug-likeness (QED) is 0.800. The number of hydrogen-bond donors (Lipinski definition) is 0. The second kappa shape index (κ2) is 6.18. The second-order valence-electron chi connectivity index (χ2n) is 6.75. The number of hydrogen-bond acceptors (Lipinski definition) is 4. The van der Waals surface area contributed by atoms with Gasteiger partial charge in [-0.25, -0.2) is 0 Å². The Kier molecular flexibility index (Phi) is 4.71. The molecule has 1 saturated heterocycles. The summed E-state index contributed by atoms with van der Waals surface area (Å²) in [6.07, 6.45) is 1.93. The SMILES string of the molecule is CCn1nc(C)cc1CN1CCC[C@H]1C(=O)OC(C)(C)C. The van der Waals surface area contributed by atoms with Crippen molar-refractivity contribution in [2.24, 2.45) is 0 Å². The third-order valence-electron chi connectivity index (χ3n) is 3.69. The number of rotatable bonds is 4. The Morgan fingerprint density at radius 3 is 2.81 bits per heavy atom. The number of esters is 1.